The summed E-state index contributed by atoms with van der Waals surface area (Å²) in [5.41, 5.74) is 1.89. The Kier molecular flexibility index (Phi) is 4.84. The van der Waals surface area contributed by atoms with Crippen molar-refractivity contribution in [1.82, 2.24) is 14.7 Å². The maximum atomic E-state index is 12.8. The van der Waals surface area contributed by atoms with Gasteiger partial charge in [0, 0.05) is 30.5 Å². The highest BCUT2D eigenvalue weighted by atomic mass is 32.1. The highest BCUT2D eigenvalue weighted by Gasteiger charge is 2.30. The number of rotatable bonds is 3. The van der Waals surface area contributed by atoms with Gasteiger partial charge in [0.1, 0.15) is 0 Å². The summed E-state index contributed by atoms with van der Waals surface area (Å²) in [5.74, 6) is -0.451. The van der Waals surface area contributed by atoms with E-state index in [9.17, 15) is 9.59 Å². The van der Waals surface area contributed by atoms with Crippen LogP contribution in [0.2, 0.25) is 0 Å². The summed E-state index contributed by atoms with van der Waals surface area (Å²) in [6.07, 6.45) is 4.69. The van der Waals surface area contributed by atoms with E-state index in [0.29, 0.717) is 17.8 Å². The topological polar surface area (TPSA) is 76.5 Å². The Balaban J connectivity index is 1.79. The van der Waals surface area contributed by atoms with Crippen molar-refractivity contribution in [1.29, 1.82) is 0 Å². The van der Waals surface area contributed by atoms with Gasteiger partial charge in [0.15, 0.2) is 0 Å². The lowest BCUT2D eigenvalue weighted by molar-refractivity contribution is 0.0602. The molecule has 8 heteroatoms. The van der Waals surface area contributed by atoms with E-state index < -0.39 is 5.97 Å². The first-order chi connectivity index (χ1) is 11.6. The summed E-state index contributed by atoms with van der Waals surface area (Å²) in [7, 11) is 3.21. The zero-order valence-electron chi connectivity index (χ0n) is 13.7. The highest BCUT2D eigenvalue weighted by molar-refractivity contribution is 7.08. The van der Waals surface area contributed by atoms with E-state index in [1.807, 2.05) is 18.0 Å². The summed E-state index contributed by atoms with van der Waals surface area (Å²) in [5, 5.41) is 10.5. The largest absolute Gasteiger partial charge is 0.465 e. The number of methoxy groups -OCH3 is 1. The number of carbonyl (C=O) groups excluding carboxylic acids is 2. The fraction of sp³-hybridized carbons (Fsp3) is 0.438. The number of esters is 1. The summed E-state index contributed by atoms with van der Waals surface area (Å²) >= 11 is 1.35. The van der Waals surface area contributed by atoms with Crippen molar-refractivity contribution >= 4 is 29.0 Å². The monoisotopic (exact) mass is 348 g/mol. The molecule has 0 saturated carbocycles. The number of carbonyl (C=O) groups is 2. The van der Waals surface area contributed by atoms with Crippen LogP contribution in [-0.2, 0) is 11.8 Å². The van der Waals surface area contributed by atoms with Crippen LogP contribution in [-0.4, -0.2) is 40.3 Å². The molecule has 1 saturated heterocycles. The van der Waals surface area contributed by atoms with Gasteiger partial charge in [-0.3, -0.25) is 4.68 Å². The van der Waals surface area contributed by atoms with Gasteiger partial charge in [0.05, 0.1) is 30.1 Å². The van der Waals surface area contributed by atoms with E-state index in [1.54, 1.807) is 21.6 Å². The van der Waals surface area contributed by atoms with Gasteiger partial charge in [-0.25, -0.2) is 9.59 Å². The second-order valence-corrected chi connectivity index (χ2v) is 6.45. The second-order valence-electron chi connectivity index (χ2n) is 5.71. The number of nitrogens with one attached hydrogen (secondary N) is 1. The fourth-order valence-corrected chi connectivity index (χ4v) is 3.79. The predicted octanol–water partition coefficient (Wildman–Crippen LogP) is 3.03. The molecule has 1 aliphatic rings. The number of piperidine rings is 1. The first kappa shape index (κ1) is 16.5. The van der Waals surface area contributed by atoms with Crippen LogP contribution in [0.25, 0.3) is 0 Å². The molecule has 24 heavy (non-hydrogen) atoms. The third-order valence-corrected chi connectivity index (χ3v) is 5.02. The smallest absolute Gasteiger partial charge is 0.340 e. The molecule has 2 aromatic rings. The van der Waals surface area contributed by atoms with Crippen LogP contribution in [0.5, 0.6) is 0 Å². The molecule has 1 aliphatic heterocycles. The minimum atomic E-state index is -0.451. The maximum Gasteiger partial charge on any atom is 0.340 e. The van der Waals surface area contributed by atoms with E-state index in [-0.39, 0.29) is 12.1 Å². The first-order valence-electron chi connectivity index (χ1n) is 7.82. The van der Waals surface area contributed by atoms with Crippen molar-refractivity contribution in [2.75, 3.05) is 19.0 Å². The van der Waals surface area contributed by atoms with Crippen LogP contribution < -0.4 is 5.32 Å². The molecule has 1 fully saturated rings. The van der Waals surface area contributed by atoms with Gasteiger partial charge in [-0.2, -0.15) is 5.10 Å². The highest BCUT2D eigenvalue weighted by Crippen LogP contribution is 2.31. The second kappa shape index (κ2) is 7.04. The molecule has 3 heterocycles. The van der Waals surface area contributed by atoms with Gasteiger partial charge in [0.2, 0.25) is 0 Å². The minimum Gasteiger partial charge on any atom is -0.465 e. The average Bonchev–Trinajstić information content (AvgIpc) is 3.23. The van der Waals surface area contributed by atoms with E-state index in [2.05, 4.69) is 10.4 Å². The number of urea groups is 1. The van der Waals surface area contributed by atoms with E-state index in [1.165, 1.54) is 18.4 Å². The van der Waals surface area contributed by atoms with Gasteiger partial charge in [0.25, 0.3) is 0 Å². The lowest BCUT2D eigenvalue weighted by Crippen LogP contribution is -2.42. The SMILES string of the molecule is COC(=O)c1cscc1NC(=O)N1CCCC[C@@H]1c1ccnn1C. The molecule has 0 aliphatic carbocycles. The number of nitrogens with zero attached hydrogens (tertiary/aromatic N) is 3. The molecule has 7 nitrogen and oxygen atoms in total. The van der Waals surface area contributed by atoms with Crippen molar-refractivity contribution in [3.8, 4) is 0 Å². The summed E-state index contributed by atoms with van der Waals surface area (Å²) in [6.45, 7) is 0.680. The van der Waals surface area contributed by atoms with Crippen molar-refractivity contribution < 1.29 is 14.3 Å². The zero-order chi connectivity index (χ0) is 17.1. The number of aromatic nitrogens is 2. The molecular weight excluding hydrogens is 328 g/mol. The number of ether oxygens (including phenoxy) is 1. The minimum absolute atomic E-state index is 0.00791. The summed E-state index contributed by atoms with van der Waals surface area (Å²) in [4.78, 5) is 26.4. The van der Waals surface area contributed by atoms with Gasteiger partial charge >= 0.3 is 12.0 Å². The molecule has 0 unspecified atom stereocenters. The molecular formula is C16H20N4O3S. The Hall–Kier alpha value is -2.35. The number of thiophene rings is 1. The Morgan fingerprint density at radius 3 is 2.92 bits per heavy atom. The quantitative estimate of drug-likeness (QED) is 0.865. The Bertz CT molecular complexity index is 739. The van der Waals surface area contributed by atoms with Crippen molar-refractivity contribution in [3.63, 3.8) is 0 Å². The van der Waals surface area contributed by atoms with Crippen LogP contribution in [0.15, 0.2) is 23.0 Å². The van der Waals surface area contributed by atoms with Gasteiger partial charge < -0.3 is 15.0 Å². The van der Waals surface area contributed by atoms with Crippen LogP contribution in [0.3, 0.4) is 0 Å². The van der Waals surface area contributed by atoms with Crippen LogP contribution in [0.1, 0.15) is 41.4 Å². The molecule has 0 bridgehead atoms. The number of hydrogen-bond acceptors (Lipinski definition) is 5. The normalized spacial score (nSPS) is 17.6. The van der Waals surface area contributed by atoms with E-state index >= 15 is 0 Å². The van der Waals surface area contributed by atoms with Crippen LogP contribution >= 0.6 is 11.3 Å². The standard InChI is InChI=1S/C16H20N4O3S/c1-19-13(6-7-17-19)14-5-3-4-8-20(14)16(22)18-12-10-24-9-11(12)15(21)23-2/h6-7,9-10,14H,3-5,8H2,1-2H3,(H,18,22)/t14-/m1/s1. The number of amides is 2. The zero-order valence-corrected chi connectivity index (χ0v) is 14.5. The van der Waals surface area contributed by atoms with Gasteiger partial charge in [-0.1, -0.05) is 0 Å². The van der Waals surface area contributed by atoms with Crippen molar-refractivity contribution in [3.05, 3.63) is 34.3 Å². The van der Waals surface area contributed by atoms with Crippen LogP contribution in [0.4, 0.5) is 10.5 Å². The molecule has 0 radical (unpaired) electrons. The number of hydrogen-bond donors (Lipinski definition) is 1. The summed E-state index contributed by atoms with van der Waals surface area (Å²) < 4.78 is 6.56. The first-order valence-corrected chi connectivity index (χ1v) is 8.76. The third-order valence-electron chi connectivity index (χ3n) is 4.27. The molecule has 128 valence electrons. The van der Waals surface area contributed by atoms with E-state index in [0.717, 1.165) is 25.0 Å². The Morgan fingerprint density at radius 2 is 2.21 bits per heavy atom. The average molecular weight is 348 g/mol. The molecule has 1 atom stereocenters. The number of likely N-dealkylation sites (tertiary alicyclic amines) is 1. The predicted molar refractivity (Wildman–Crippen MR) is 91.2 cm³/mol. The third kappa shape index (κ3) is 3.14. The van der Waals surface area contributed by atoms with Crippen LogP contribution in [0, 0.1) is 0 Å². The fourth-order valence-electron chi connectivity index (χ4n) is 3.04. The van der Waals surface area contributed by atoms with Crippen molar-refractivity contribution in [2.24, 2.45) is 7.05 Å². The number of aryl methyl sites for hydroxylation is 1. The maximum absolute atomic E-state index is 12.8. The molecule has 0 spiro atoms. The van der Waals surface area contributed by atoms with E-state index in [4.69, 9.17) is 4.74 Å². The van der Waals surface area contributed by atoms with Gasteiger partial charge in [-0.05, 0) is 25.3 Å². The molecule has 1 N–H and O–H groups in total. The lowest BCUT2D eigenvalue weighted by atomic mass is 9.99. The molecule has 2 amide bonds. The van der Waals surface area contributed by atoms with Gasteiger partial charge in [-0.15, -0.1) is 11.3 Å². The Morgan fingerprint density at radius 1 is 1.38 bits per heavy atom. The lowest BCUT2D eigenvalue weighted by Gasteiger charge is -2.35. The molecule has 0 aromatic carbocycles. The molecule has 2 aromatic heterocycles. The Labute approximate surface area is 144 Å². The number of anilines is 1. The summed E-state index contributed by atoms with van der Waals surface area (Å²) in [6, 6.07) is 1.73. The van der Waals surface area contributed by atoms with Crippen molar-refractivity contribution in [2.45, 2.75) is 25.3 Å². The molecule has 3 rings (SSSR count).